The minimum absolute atomic E-state index is 0.0803. The van der Waals surface area contributed by atoms with E-state index in [2.05, 4.69) is 56.0 Å². The molecule has 118 valence electrons. The van der Waals surface area contributed by atoms with Gasteiger partial charge in [-0.3, -0.25) is 0 Å². The van der Waals surface area contributed by atoms with Gasteiger partial charge < -0.3 is 15.3 Å². The second-order valence-corrected chi connectivity index (χ2v) is 7.46. The number of nitrogens with zero attached hydrogens (tertiary/aromatic N) is 2. The van der Waals surface area contributed by atoms with Gasteiger partial charge in [0.15, 0.2) is 0 Å². The van der Waals surface area contributed by atoms with Crippen molar-refractivity contribution >= 4 is 5.82 Å². The lowest BCUT2D eigenvalue weighted by molar-refractivity contribution is 0.0464. The summed E-state index contributed by atoms with van der Waals surface area (Å²) in [6, 6.07) is 2.22. The predicted octanol–water partition coefficient (Wildman–Crippen LogP) is 2.49. The lowest BCUT2D eigenvalue weighted by Crippen LogP contribution is -2.37. The zero-order chi connectivity index (χ0) is 15.6. The fourth-order valence-corrected chi connectivity index (χ4v) is 2.81. The molecule has 4 heteroatoms. The Morgan fingerprint density at radius 3 is 2.57 bits per heavy atom. The van der Waals surface area contributed by atoms with Crippen LogP contribution in [-0.2, 0) is 6.54 Å². The molecule has 1 fully saturated rings. The highest BCUT2D eigenvalue weighted by Gasteiger charge is 2.28. The zero-order valence-electron chi connectivity index (χ0n) is 14.0. The number of pyridine rings is 1. The maximum absolute atomic E-state index is 9.38. The fraction of sp³-hybridized carbons (Fsp3) is 0.706. The van der Waals surface area contributed by atoms with E-state index in [0.717, 1.165) is 31.7 Å². The second-order valence-electron chi connectivity index (χ2n) is 7.46. The van der Waals surface area contributed by atoms with Crippen LogP contribution < -0.4 is 10.2 Å². The predicted molar refractivity (Wildman–Crippen MR) is 87.6 cm³/mol. The molecule has 0 radical (unpaired) electrons. The van der Waals surface area contributed by atoms with Crippen LogP contribution >= 0.6 is 0 Å². The molecule has 0 amide bonds. The van der Waals surface area contributed by atoms with E-state index in [-0.39, 0.29) is 11.6 Å². The Hall–Kier alpha value is -1.13. The van der Waals surface area contributed by atoms with Gasteiger partial charge in [0.2, 0.25) is 0 Å². The van der Waals surface area contributed by atoms with Crippen LogP contribution in [0.25, 0.3) is 0 Å². The van der Waals surface area contributed by atoms with Gasteiger partial charge in [-0.15, -0.1) is 0 Å². The van der Waals surface area contributed by atoms with Crippen molar-refractivity contribution in [1.82, 2.24) is 10.3 Å². The Morgan fingerprint density at radius 2 is 2.05 bits per heavy atom. The first-order chi connectivity index (χ1) is 9.74. The van der Waals surface area contributed by atoms with Crippen molar-refractivity contribution in [1.29, 1.82) is 0 Å². The Labute approximate surface area is 128 Å². The van der Waals surface area contributed by atoms with Crippen molar-refractivity contribution in [2.45, 2.75) is 58.7 Å². The molecule has 0 unspecified atom stereocenters. The number of aryl methyl sites for hydroxylation is 1. The lowest BCUT2D eigenvalue weighted by Gasteiger charge is -2.35. The molecule has 1 aliphatic carbocycles. The third kappa shape index (κ3) is 4.68. The van der Waals surface area contributed by atoms with Crippen molar-refractivity contribution < 1.29 is 5.11 Å². The number of aliphatic hydroxyl groups is 1. The highest BCUT2D eigenvalue weighted by atomic mass is 16.3. The molecule has 1 heterocycles. The molecule has 4 nitrogen and oxygen atoms in total. The molecular weight excluding hydrogens is 262 g/mol. The SMILES string of the molecule is Cc1cc(CNC(C)(C)C)cnc1N(C)CC1CC(O)C1. The van der Waals surface area contributed by atoms with E-state index in [1.807, 2.05) is 6.20 Å². The Bertz CT molecular complexity index is 475. The summed E-state index contributed by atoms with van der Waals surface area (Å²) in [6.45, 7) is 10.4. The van der Waals surface area contributed by atoms with Gasteiger partial charge in [0.1, 0.15) is 5.82 Å². The van der Waals surface area contributed by atoms with Crippen LogP contribution in [0.2, 0.25) is 0 Å². The number of rotatable bonds is 5. The Balaban J connectivity index is 1.95. The number of hydrogen-bond acceptors (Lipinski definition) is 4. The van der Waals surface area contributed by atoms with E-state index >= 15 is 0 Å². The van der Waals surface area contributed by atoms with Gasteiger partial charge in [-0.2, -0.15) is 0 Å². The van der Waals surface area contributed by atoms with Gasteiger partial charge in [0.25, 0.3) is 0 Å². The first kappa shape index (κ1) is 16.2. The quantitative estimate of drug-likeness (QED) is 0.875. The van der Waals surface area contributed by atoms with Crippen LogP contribution in [0.4, 0.5) is 5.82 Å². The molecule has 0 aliphatic heterocycles. The molecule has 0 atom stereocenters. The zero-order valence-corrected chi connectivity index (χ0v) is 14.0. The summed E-state index contributed by atoms with van der Waals surface area (Å²) >= 11 is 0. The smallest absolute Gasteiger partial charge is 0.131 e. The molecule has 2 rings (SSSR count). The number of anilines is 1. The van der Waals surface area contributed by atoms with E-state index in [1.165, 1.54) is 11.1 Å². The summed E-state index contributed by atoms with van der Waals surface area (Å²) in [6.07, 6.45) is 3.74. The van der Waals surface area contributed by atoms with Crippen molar-refractivity contribution in [3.05, 3.63) is 23.4 Å². The first-order valence-electron chi connectivity index (χ1n) is 7.84. The summed E-state index contributed by atoms with van der Waals surface area (Å²) in [7, 11) is 2.09. The average molecular weight is 291 g/mol. The van der Waals surface area contributed by atoms with E-state index in [0.29, 0.717) is 5.92 Å². The molecule has 21 heavy (non-hydrogen) atoms. The maximum Gasteiger partial charge on any atom is 0.131 e. The number of aromatic nitrogens is 1. The standard InChI is InChI=1S/C17H29N3O/c1-12-6-14(10-19-17(2,3)4)9-18-16(12)20(5)11-13-7-15(21)8-13/h6,9,13,15,19,21H,7-8,10-11H2,1-5H3. The maximum atomic E-state index is 9.38. The molecule has 1 aliphatic rings. The second kappa shape index (κ2) is 6.32. The van der Waals surface area contributed by atoms with E-state index < -0.39 is 0 Å². The van der Waals surface area contributed by atoms with Crippen LogP contribution in [0, 0.1) is 12.8 Å². The molecular formula is C17H29N3O. The van der Waals surface area contributed by atoms with Gasteiger partial charge in [0.05, 0.1) is 6.10 Å². The fourth-order valence-electron chi connectivity index (χ4n) is 2.81. The van der Waals surface area contributed by atoms with Gasteiger partial charge in [-0.25, -0.2) is 4.98 Å². The summed E-state index contributed by atoms with van der Waals surface area (Å²) in [4.78, 5) is 6.85. The highest BCUT2D eigenvalue weighted by Crippen LogP contribution is 2.29. The van der Waals surface area contributed by atoms with E-state index in [1.54, 1.807) is 0 Å². The summed E-state index contributed by atoms with van der Waals surface area (Å²) in [5.41, 5.74) is 2.55. The molecule has 0 bridgehead atoms. The number of nitrogens with one attached hydrogen (secondary N) is 1. The van der Waals surface area contributed by atoms with Crippen molar-refractivity contribution in [3.63, 3.8) is 0 Å². The Kier molecular flexibility index (Phi) is 4.89. The normalized spacial score (nSPS) is 22.0. The van der Waals surface area contributed by atoms with E-state index in [4.69, 9.17) is 0 Å². The molecule has 1 saturated carbocycles. The third-order valence-corrected chi connectivity index (χ3v) is 4.03. The van der Waals surface area contributed by atoms with E-state index in [9.17, 15) is 5.11 Å². The highest BCUT2D eigenvalue weighted by molar-refractivity contribution is 5.46. The molecule has 2 N–H and O–H groups in total. The van der Waals surface area contributed by atoms with Crippen molar-refractivity contribution in [2.24, 2.45) is 5.92 Å². The topological polar surface area (TPSA) is 48.4 Å². The molecule has 1 aromatic rings. The minimum atomic E-state index is -0.0803. The first-order valence-corrected chi connectivity index (χ1v) is 7.84. The monoisotopic (exact) mass is 291 g/mol. The van der Waals surface area contributed by atoms with Crippen molar-refractivity contribution in [3.8, 4) is 0 Å². The van der Waals surface area contributed by atoms with Crippen LogP contribution in [-0.4, -0.2) is 35.3 Å². The largest absolute Gasteiger partial charge is 0.393 e. The lowest BCUT2D eigenvalue weighted by atomic mass is 9.82. The minimum Gasteiger partial charge on any atom is -0.393 e. The van der Waals surface area contributed by atoms with Crippen LogP contribution in [0.1, 0.15) is 44.7 Å². The van der Waals surface area contributed by atoms with Gasteiger partial charge in [0, 0.05) is 31.9 Å². The van der Waals surface area contributed by atoms with Crippen molar-refractivity contribution in [2.75, 3.05) is 18.5 Å². The third-order valence-electron chi connectivity index (χ3n) is 4.03. The summed E-state index contributed by atoms with van der Waals surface area (Å²) in [5.74, 6) is 1.66. The molecule has 0 saturated heterocycles. The molecule has 0 aromatic carbocycles. The van der Waals surface area contributed by atoms with Gasteiger partial charge in [-0.05, 0) is 63.6 Å². The van der Waals surface area contributed by atoms with Crippen LogP contribution in [0.5, 0.6) is 0 Å². The average Bonchev–Trinajstić information content (AvgIpc) is 2.33. The van der Waals surface area contributed by atoms with Crippen LogP contribution in [0.3, 0.4) is 0 Å². The van der Waals surface area contributed by atoms with Gasteiger partial charge in [-0.1, -0.05) is 0 Å². The summed E-state index contributed by atoms with van der Waals surface area (Å²) < 4.78 is 0. The molecule has 0 spiro atoms. The summed E-state index contributed by atoms with van der Waals surface area (Å²) in [5, 5.41) is 12.9. The van der Waals surface area contributed by atoms with Crippen LogP contribution in [0.15, 0.2) is 12.3 Å². The molecule has 1 aromatic heterocycles. The number of aliphatic hydroxyl groups excluding tert-OH is 1. The van der Waals surface area contributed by atoms with Gasteiger partial charge >= 0.3 is 0 Å². The number of hydrogen-bond donors (Lipinski definition) is 2. The Morgan fingerprint density at radius 1 is 1.38 bits per heavy atom.